The molecule has 4 heteroatoms. The molecule has 0 saturated carbocycles. The van der Waals surface area contributed by atoms with Crippen LogP contribution in [0.4, 0.5) is 11.4 Å². The summed E-state index contributed by atoms with van der Waals surface area (Å²) in [6, 6.07) is 7.30. The average Bonchev–Trinajstić information content (AvgIpc) is 2.36. The molecule has 1 unspecified atom stereocenters. The van der Waals surface area contributed by atoms with Gasteiger partial charge in [0.25, 0.3) is 0 Å². The van der Waals surface area contributed by atoms with E-state index in [1.165, 1.54) is 0 Å². The summed E-state index contributed by atoms with van der Waals surface area (Å²) in [6.07, 6.45) is 0.896. The van der Waals surface area contributed by atoms with Crippen molar-refractivity contribution >= 4 is 17.3 Å². The minimum atomic E-state index is -0.243. The van der Waals surface area contributed by atoms with Crippen LogP contribution in [0.1, 0.15) is 34.1 Å². The maximum absolute atomic E-state index is 12.2. The molecule has 1 atom stereocenters. The van der Waals surface area contributed by atoms with Gasteiger partial charge in [0.1, 0.15) is 6.04 Å². The van der Waals surface area contributed by atoms with Crippen LogP contribution in [-0.4, -0.2) is 24.5 Å². The highest BCUT2D eigenvalue weighted by Crippen LogP contribution is 2.18. The number of nitrogens with one attached hydrogen (secondary N) is 1. The van der Waals surface area contributed by atoms with E-state index in [4.69, 9.17) is 5.73 Å². The average molecular weight is 263 g/mol. The molecule has 0 fully saturated rings. The van der Waals surface area contributed by atoms with Gasteiger partial charge in [-0.05, 0) is 45.4 Å². The van der Waals surface area contributed by atoms with Crippen molar-refractivity contribution in [3.05, 3.63) is 24.3 Å². The van der Waals surface area contributed by atoms with E-state index in [9.17, 15) is 4.79 Å². The molecule has 106 valence electrons. The number of nitrogens with two attached hydrogens (primary N) is 1. The third-order valence-electron chi connectivity index (χ3n) is 3.58. The fourth-order valence-corrected chi connectivity index (χ4v) is 1.67. The van der Waals surface area contributed by atoms with Crippen molar-refractivity contribution in [2.45, 2.75) is 45.7 Å². The molecule has 1 rings (SSSR count). The number of amides is 1. The SMILES string of the molecule is CCC(C)(C)NC(=O)C(C)N(C)c1cccc(N)c1. The maximum atomic E-state index is 12.2. The van der Waals surface area contributed by atoms with Crippen LogP contribution in [0.15, 0.2) is 24.3 Å². The lowest BCUT2D eigenvalue weighted by molar-refractivity contribution is -0.123. The Morgan fingerprint density at radius 3 is 2.63 bits per heavy atom. The second-order valence-electron chi connectivity index (χ2n) is 5.61. The predicted molar refractivity (Wildman–Crippen MR) is 81.2 cm³/mol. The third kappa shape index (κ3) is 4.16. The Morgan fingerprint density at radius 2 is 2.11 bits per heavy atom. The second kappa shape index (κ2) is 5.95. The number of benzene rings is 1. The largest absolute Gasteiger partial charge is 0.399 e. The zero-order valence-electron chi connectivity index (χ0n) is 12.5. The Hall–Kier alpha value is -1.71. The molecular weight excluding hydrogens is 238 g/mol. The molecule has 0 radical (unpaired) electrons. The van der Waals surface area contributed by atoms with Crippen LogP contribution in [-0.2, 0) is 4.79 Å². The number of nitrogens with zero attached hydrogens (tertiary/aromatic N) is 1. The number of likely N-dealkylation sites (N-methyl/N-ethyl adjacent to an activating group) is 1. The van der Waals surface area contributed by atoms with E-state index in [1.807, 2.05) is 57.0 Å². The number of hydrogen-bond donors (Lipinski definition) is 2. The molecule has 0 aliphatic heterocycles. The summed E-state index contributed by atoms with van der Waals surface area (Å²) in [5, 5.41) is 3.06. The highest BCUT2D eigenvalue weighted by Gasteiger charge is 2.24. The van der Waals surface area contributed by atoms with Crippen molar-refractivity contribution in [3.63, 3.8) is 0 Å². The lowest BCUT2D eigenvalue weighted by Crippen LogP contribution is -2.51. The molecule has 1 aromatic carbocycles. The monoisotopic (exact) mass is 263 g/mol. The minimum Gasteiger partial charge on any atom is -0.399 e. The first-order valence-electron chi connectivity index (χ1n) is 6.67. The maximum Gasteiger partial charge on any atom is 0.242 e. The van der Waals surface area contributed by atoms with Gasteiger partial charge in [-0.25, -0.2) is 0 Å². The van der Waals surface area contributed by atoms with Crippen LogP contribution in [0.25, 0.3) is 0 Å². The van der Waals surface area contributed by atoms with Crippen molar-refractivity contribution in [2.75, 3.05) is 17.7 Å². The molecule has 0 aromatic heterocycles. The molecule has 1 aromatic rings. The molecule has 0 heterocycles. The smallest absolute Gasteiger partial charge is 0.242 e. The van der Waals surface area contributed by atoms with Crippen molar-refractivity contribution in [3.8, 4) is 0 Å². The fourth-order valence-electron chi connectivity index (χ4n) is 1.67. The summed E-state index contributed by atoms with van der Waals surface area (Å²) in [5.74, 6) is 0.0248. The Bertz CT molecular complexity index is 443. The van der Waals surface area contributed by atoms with E-state index < -0.39 is 0 Å². The first kappa shape index (κ1) is 15.3. The number of anilines is 2. The Balaban J connectivity index is 2.77. The van der Waals surface area contributed by atoms with Gasteiger partial charge in [0, 0.05) is 24.0 Å². The van der Waals surface area contributed by atoms with Crippen LogP contribution in [0.3, 0.4) is 0 Å². The Kier molecular flexibility index (Phi) is 4.81. The van der Waals surface area contributed by atoms with Gasteiger partial charge < -0.3 is 16.0 Å². The van der Waals surface area contributed by atoms with Gasteiger partial charge in [0.15, 0.2) is 0 Å². The van der Waals surface area contributed by atoms with E-state index in [1.54, 1.807) is 0 Å². The quantitative estimate of drug-likeness (QED) is 0.802. The molecular formula is C15H25N3O. The van der Waals surface area contributed by atoms with Crippen LogP contribution >= 0.6 is 0 Å². The lowest BCUT2D eigenvalue weighted by atomic mass is 10.0. The predicted octanol–water partition coefficient (Wildman–Crippen LogP) is 2.40. The summed E-state index contributed by atoms with van der Waals surface area (Å²) in [6.45, 7) is 8.01. The van der Waals surface area contributed by atoms with Gasteiger partial charge in [-0.1, -0.05) is 13.0 Å². The second-order valence-corrected chi connectivity index (χ2v) is 5.61. The number of rotatable bonds is 5. The molecule has 0 spiro atoms. The van der Waals surface area contributed by atoms with E-state index in [0.717, 1.165) is 12.1 Å². The zero-order valence-corrected chi connectivity index (χ0v) is 12.5. The summed E-state index contributed by atoms with van der Waals surface area (Å²) >= 11 is 0. The fraction of sp³-hybridized carbons (Fsp3) is 0.533. The van der Waals surface area contributed by atoms with E-state index in [0.29, 0.717) is 5.69 Å². The molecule has 0 aliphatic carbocycles. The summed E-state index contributed by atoms with van der Waals surface area (Å²) in [4.78, 5) is 14.2. The topological polar surface area (TPSA) is 58.4 Å². The number of nitrogen functional groups attached to an aromatic ring is 1. The Morgan fingerprint density at radius 1 is 1.47 bits per heavy atom. The van der Waals surface area contributed by atoms with Gasteiger partial charge in [0.05, 0.1) is 0 Å². The minimum absolute atomic E-state index is 0.0248. The summed E-state index contributed by atoms with van der Waals surface area (Å²) in [7, 11) is 1.90. The van der Waals surface area contributed by atoms with Gasteiger partial charge >= 0.3 is 0 Å². The van der Waals surface area contributed by atoms with Crippen molar-refractivity contribution < 1.29 is 4.79 Å². The van der Waals surface area contributed by atoms with Crippen molar-refractivity contribution in [2.24, 2.45) is 0 Å². The zero-order chi connectivity index (χ0) is 14.6. The van der Waals surface area contributed by atoms with Gasteiger partial charge in [-0.15, -0.1) is 0 Å². The molecule has 3 N–H and O–H groups in total. The first-order chi connectivity index (χ1) is 8.76. The summed E-state index contributed by atoms with van der Waals surface area (Å²) < 4.78 is 0. The van der Waals surface area contributed by atoms with E-state index in [2.05, 4.69) is 12.2 Å². The van der Waals surface area contributed by atoms with E-state index >= 15 is 0 Å². The number of hydrogen-bond acceptors (Lipinski definition) is 3. The van der Waals surface area contributed by atoms with Crippen LogP contribution in [0, 0.1) is 0 Å². The molecule has 0 saturated heterocycles. The van der Waals surface area contributed by atoms with Crippen molar-refractivity contribution in [1.29, 1.82) is 0 Å². The molecule has 0 aliphatic rings. The Labute approximate surface area is 116 Å². The lowest BCUT2D eigenvalue weighted by Gasteiger charge is -2.31. The van der Waals surface area contributed by atoms with Gasteiger partial charge in [-0.2, -0.15) is 0 Å². The number of carbonyl (C=O) groups excluding carboxylic acids is 1. The molecule has 0 bridgehead atoms. The normalized spacial score (nSPS) is 12.9. The highest BCUT2D eigenvalue weighted by molar-refractivity contribution is 5.85. The van der Waals surface area contributed by atoms with Gasteiger partial charge in [-0.3, -0.25) is 4.79 Å². The van der Waals surface area contributed by atoms with Gasteiger partial charge in [0.2, 0.25) is 5.91 Å². The standard InChI is InChI=1S/C15H25N3O/c1-6-15(3,4)17-14(19)11(2)18(5)13-9-7-8-12(16)10-13/h7-11H,6,16H2,1-5H3,(H,17,19). The van der Waals surface area contributed by atoms with Crippen LogP contribution < -0.4 is 16.0 Å². The molecule has 1 amide bonds. The van der Waals surface area contributed by atoms with Crippen molar-refractivity contribution in [1.82, 2.24) is 5.32 Å². The van der Waals surface area contributed by atoms with E-state index in [-0.39, 0.29) is 17.5 Å². The van der Waals surface area contributed by atoms with Crippen LogP contribution in [0.2, 0.25) is 0 Å². The molecule has 19 heavy (non-hydrogen) atoms. The van der Waals surface area contributed by atoms with Crippen LogP contribution in [0.5, 0.6) is 0 Å². The first-order valence-corrected chi connectivity index (χ1v) is 6.67. The highest BCUT2D eigenvalue weighted by atomic mass is 16.2. The number of carbonyl (C=O) groups is 1. The summed E-state index contributed by atoms with van der Waals surface area (Å²) in [5.41, 5.74) is 7.23. The third-order valence-corrected chi connectivity index (χ3v) is 3.58. The molecule has 4 nitrogen and oxygen atoms in total.